The predicted molar refractivity (Wildman–Crippen MR) is 101 cm³/mol. The molecular formula is C20H17N5O2. The van der Waals surface area contributed by atoms with Gasteiger partial charge >= 0.3 is 0 Å². The normalized spacial score (nSPS) is 12.5. The van der Waals surface area contributed by atoms with Gasteiger partial charge in [-0.05, 0) is 42.2 Å². The smallest absolute Gasteiger partial charge is 0.228 e. The Kier molecular flexibility index (Phi) is 4.30. The van der Waals surface area contributed by atoms with Gasteiger partial charge in [0.15, 0.2) is 0 Å². The molecule has 0 radical (unpaired) electrons. The summed E-state index contributed by atoms with van der Waals surface area (Å²) in [6.45, 7) is 0. The second-order valence-electron chi connectivity index (χ2n) is 6.52. The number of H-pyrrole nitrogens is 1. The highest BCUT2D eigenvalue weighted by Gasteiger charge is 2.17. The summed E-state index contributed by atoms with van der Waals surface area (Å²) in [7, 11) is 0. The summed E-state index contributed by atoms with van der Waals surface area (Å²) in [6, 6.07) is 13.3. The molecule has 7 heteroatoms. The van der Waals surface area contributed by atoms with Crippen molar-refractivity contribution in [3.63, 3.8) is 0 Å². The Hall–Kier alpha value is -3.66. The van der Waals surface area contributed by atoms with Crippen LogP contribution >= 0.6 is 0 Å². The van der Waals surface area contributed by atoms with Gasteiger partial charge in [-0.1, -0.05) is 18.2 Å². The minimum absolute atomic E-state index is 0.0203. The molecule has 1 aliphatic heterocycles. The number of carbonyl (C=O) groups is 2. The zero-order chi connectivity index (χ0) is 18.8. The number of nitriles is 1. The standard InChI is InChI=1S/C20H17N5O2/c21-11-13-4-2-5-16-19(13)25-20(23-16)24-17(26)6-1-3-12-7-8-15-14(9-12)10-18(27)22-15/h2,4-5,7-9H,1,3,6,10H2,(H,22,27)(H2,23,24,25,26). The molecule has 7 nitrogen and oxygen atoms in total. The van der Waals surface area contributed by atoms with E-state index in [9.17, 15) is 9.59 Å². The highest BCUT2D eigenvalue weighted by Crippen LogP contribution is 2.24. The van der Waals surface area contributed by atoms with Crippen LogP contribution in [0.25, 0.3) is 11.0 Å². The maximum atomic E-state index is 12.2. The average molecular weight is 359 g/mol. The van der Waals surface area contributed by atoms with E-state index in [0.29, 0.717) is 41.8 Å². The SMILES string of the molecule is N#Cc1cccc2[nH]c(NC(=O)CCCc3ccc4c(c3)CC(=O)N4)nc12. The highest BCUT2D eigenvalue weighted by atomic mass is 16.2. The number of para-hydroxylation sites is 1. The lowest BCUT2D eigenvalue weighted by molar-refractivity contribution is -0.116. The maximum Gasteiger partial charge on any atom is 0.228 e. The van der Waals surface area contributed by atoms with Gasteiger partial charge < -0.3 is 10.3 Å². The van der Waals surface area contributed by atoms with Crippen LogP contribution in [-0.2, 0) is 22.4 Å². The molecule has 0 fully saturated rings. The topological polar surface area (TPSA) is 111 Å². The second-order valence-corrected chi connectivity index (χ2v) is 6.52. The molecule has 0 atom stereocenters. The monoisotopic (exact) mass is 359 g/mol. The van der Waals surface area contributed by atoms with Crippen molar-refractivity contribution in [1.29, 1.82) is 5.26 Å². The number of rotatable bonds is 5. The van der Waals surface area contributed by atoms with Crippen LogP contribution in [0.15, 0.2) is 36.4 Å². The van der Waals surface area contributed by atoms with E-state index in [1.54, 1.807) is 12.1 Å². The summed E-state index contributed by atoms with van der Waals surface area (Å²) in [5.41, 5.74) is 4.73. The molecule has 2 aromatic carbocycles. The number of fused-ring (bicyclic) bond motifs is 2. The Morgan fingerprint density at radius 2 is 2.19 bits per heavy atom. The lowest BCUT2D eigenvalue weighted by atomic mass is 10.0. The third-order valence-corrected chi connectivity index (χ3v) is 4.56. The summed E-state index contributed by atoms with van der Waals surface area (Å²) < 4.78 is 0. The van der Waals surface area contributed by atoms with Crippen molar-refractivity contribution in [2.75, 3.05) is 10.6 Å². The lowest BCUT2D eigenvalue weighted by Crippen LogP contribution is -2.12. The number of nitrogens with zero attached hydrogens (tertiary/aromatic N) is 2. The molecule has 1 aliphatic rings. The van der Waals surface area contributed by atoms with Crippen LogP contribution in [0.3, 0.4) is 0 Å². The Balaban J connectivity index is 1.33. The third kappa shape index (κ3) is 3.51. The minimum Gasteiger partial charge on any atom is -0.326 e. The molecule has 4 rings (SSSR count). The Morgan fingerprint density at radius 1 is 1.30 bits per heavy atom. The van der Waals surface area contributed by atoms with Crippen LogP contribution in [0.4, 0.5) is 11.6 Å². The lowest BCUT2D eigenvalue weighted by Gasteiger charge is -2.05. The van der Waals surface area contributed by atoms with Gasteiger partial charge in [0.2, 0.25) is 17.8 Å². The number of imidazole rings is 1. The molecule has 2 heterocycles. The molecule has 0 saturated heterocycles. The molecule has 0 spiro atoms. The average Bonchev–Trinajstić information content (AvgIpc) is 3.22. The predicted octanol–water partition coefficient (Wildman–Crippen LogP) is 2.89. The van der Waals surface area contributed by atoms with E-state index in [1.807, 2.05) is 24.3 Å². The van der Waals surface area contributed by atoms with E-state index in [-0.39, 0.29) is 11.8 Å². The van der Waals surface area contributed by atoms with Gasteiger partial charge in [0.1, 0.15) is 11.6 Å². The van der Waals surface area contributed by atoms with Gasteiger partial charge in [0.25, 0.3) is 0 Å². The summed E-state index contributed by atoms with van der Waals surface area (Å²) in [5, 5.41) is 14.7. The van der Waals surface area contributed by atoms with Crippen molar-refractivity contribution in [2.45, 2.75) is 25.7 Å². The van der Waals surface area contributed by atoms with Crippen molar-refractivity contribution in [1.82, 2.24) is 9.97 Å². The van der Waals surface area contributed by atoms with E-state index in [4.69, 9.17) is 5.26 Å². The Bertz CT molecular complexity index is 1090. The van der Waals surface area contributed by atoms with Gasteiger partial charge in [-0.15, -0.1) is 0 Å². The summed E-state index contributed by atoms with van der Waals surface area (Å²) in [5.74, 6) is 0.234. The molecule has 2 amide bonds. The highest BCUT2D eigenvalue weighted by molar-refractivity contribution is 5.99. The van der Waals surface area contributed by atoms with Crippen LogP contribution in [0.2, 0.25) is 0 Å². The molecule has 0 saturated carbocycles. The number of aromatic nitrogens is 2. The quantitative estimate of drug-likeness (QED) is 0.650. The van der Waals surface area contributed by atoms with Crippen LogP contribution in [0.1, 0.15) is 29.5 Å². The van der Waals surface area contributed by atoms with Crippen molar-refractivity contribution in [3.8, 4) is 6.07 Å². The fourth-order valence-corrected chi connectivity index (χ4v) is 3.27. The zero-order valence-corrected chi connectivity index (χ0v) is 14.5. The molecular weight excluding hydrogens is 342 g/mol. The molecule has 1 aromatic heterocycles. The van der Waals surface area contributed by atoms with Crippen LogP contribution in [0, 0.1) is 11.3 Å². The number of aromatic amines is 1. The first-order chi connectivity index (χ1) is 13.1. The van der Waals surface area contributed by atoms with E-state index in [2.05, 4.69) is 26.7 Å². The van der Waals surface area contributed by atoms with Crippen LogP contribution < -0.4 is 10.6 Å². The fourth-order valence-electron chi connectivity index (χ4n) is 3.27. The first-order valence-electron chi connectivity index (χ1n) is 8.73. The number of amides is 2. The molecule has 3 N–H and O–H groups in total. The fraction of sp³-hybridized carbons (Fsp3) is 0.200. The summed E-state index contributed by atoms with van der Waals surface area (Å²) in [4.78, 5) is 30.9. The third-order valence-electron chi connectivity index (χ3n) is 4.56. The Labute approximate surface area is 155 Å². The van der Waals surface area contributed by atoms with Gasteiger partial charge in [-0.25, -0.2) is 4.98 Å². The molecule has 0 aliphatic carbocycles. The number of nitrogens with one attached hydrogen (secondary N) is 3. The van der Waals surface area contributed by atoms with E-state index in [0.717, 1.165) is 23.2 Å². The summed E-state index contributed by atoms with van der Waals surface area (Å²) >= 11 is 0. The molecule has 27 heavy (non-hydrogen) atoms. The van der Waals surface area contributed by atoms with Crippen LogP contribution in [-0.4, -0.2) is 21.8 Å². The number of carbonyl (C=O) groups excluding carboxylic acids is 2. The maximum absolute atomic E-state index is 12.2. The van der Waals surface area contributed by atoms with Crippen molar-refractivity contribution >= 4 is 34.5 Å². The number of hydrogen-bond donors (Lipinski definition) is 3. The van der Waals surface area contributed by atoms with Crippen LogP contribution in [0.5, 0.6) is 0 Å². The molecule has 0 unspecified atom stereocenters. The van der Waals surface area contributed by atoms with E-state index < -0.39 is 0 Å². The van der Waals surface area contributed by atoms with Gasteiger partial charge in [0.05, 0.1) is 17.5 Å². The second kappa shape index (κ2) is 6.92. The van der Waals surface area contributed by atoms with E-state index in [1.165, 1.54) is 0 Å². The molecule has 3 aromatic rings. The Morgan fingerprint density at radius 3 is 3.04 bits per heavy atom. The molecule has 134 valence electrons. The van der Waals surface area contributed by atoms with Crippen molar-refractivity contribution in [3.05, 3.63) is 53.1 Å². The first-order valence-corrected chi connectivity index (χ1v) is 8.73. The largest absolute Gasteiger partial charge is 0.326 e. The van der Waals surface area contributed by atoms with Crippen molar-refractivity contribution in [2.24, 2.45) is 0 Å². The van der Waals surface area contributed by atoms with Crippen molar-refractivity contribution < 1.29 is 9.59 Å². The van der Waals surface area contributed by atoms with E-state index >= 15 is 0 Å². The number of hydrogen-bond acceptors (Lipinski definition) is 4. The zero-order valence-electron chi connectivity index (χ0n) is 14.5. The van der Waals surface area contributed by atoms with Gasteiger partial charge in [-0.2, -0.15) is 5.26 Å². The minimum atomic E-state index is -0.134. The number of benzene rings is 2. The van der Waals surface area contributed by atoms with Gasteiger partial charge in [0, 0.05) is 12.1 Å². The van der Waals surface area contributed by atoms with Gasteiger partial charge in [-0.3, -0.25) is 14.9 Å². The number of anilines is 2. The number of aryl methyl sites for hydroxylation is 1. The summed E-state index contributed by atoms with van der Waals surface area (Å²) in [6.07, 6.45) is 2.22. The molecule has 0 bridgehead atoms. The first kappa shape index (κ1) is 16.8.